The molecule has 0 aromatic carbocycles. The lowest BCUT2D eigenvalue weighted by molar-refractivity contribution is -0.225. The van der Waals surface area contributed by atoms with Crippen LogP contribution in [-0.2, 0) is 66.7 Å². The summed E-state index contributed by atoms with van der Waals surface area (Å²) < 4.78 is 39.0. The minimum Gasteiger partial charge on any atom is -0.465 e. The zero-order valence-corrected chi connectivity index (χ0v) is 69.3. The zero-order chi connectivity index (χ0) is 76.6. The Labute approximate surface area is 625 Å². The number of esters is 7. The molecule has 13 aliphatic carbocycles. The molecule has 15 heteroatoms. The molecule has 1 N–H and O–H groups in total. The topological polar surface area (TPSA) is 204 Å². The van der Waals surface area contributed by atoms with Gasteiger partial charge in [0.15, 0.2) is 0 Å². The maximum atomic E-state index is 12.6. The first kappa shape index (κ1) is 86.5. The summed E-state index contributed by atoms with van der Waals surface area (Å²) in [6.07, 6.45) is 38.6. The Kier molecular flexibility index (Phi) is 29.3. The summed E-state index contributed by atoms with van der Waals surface area (Å²) in [6.45, 7) is 43.0. The second-order valence-electron chi connectivity index (χ2n) is 39.8. The molecule has 1 saturated heterocycles. The van der Waals surface area contributed by atoms with Crippen molar-refractivity contribution in [1.82, 2.24) is 0 Å². The molecular weight excluding hydrogens is 1300 g/mol. The van der Waals surface area contributed by atoms with E-state index in [1.54, 1.807) is 13.8 Å². The van der Waals surface area contributed by atoms with E-state index in [0.717, 1.165) is 119 Å². The molecule has 103 heavy (non-hydrogen) atoms. The molecule has 14 fully saturated rings. The number of rotatable bonds is 21. The first-order chi connectivity index (χ1) is 47.9. The monoisotopic (exact) mass is 1450 g/mol. The molecular formula is C88H150O15. The Morgan fingerprint density at radius 1 is 0.447 bits per heavy atom. The molecule has 0 aromatic heterocycles. The van der Waals surface area contributed by atoms with Crippen LogP contribution in [-0.4, -0.2) is 94.7 Å². The van der Waals surface area contributed by atoms with Gasteiger partial charge >= 0.3 is 41.8 Å². The fourth-order valence-electron chi connectivity index (χ4n) is 19.9. The number of hydrogen-bond donors (Lipinski definition) is 1. The molecule has 14 rings (SSSR count). The average molecular weight is 1450 g/mol. The van der Waals surface area contributed by atoms with Crippen molar-refractivity contribution in [2.75, 3.05) is 13.2 Å². The second-order valence-corrected chi connectivity index (χ2v) is 39.8. The highest BCUT2D eigenvalue weighted by atomic mass is 16.6. The smallest absolute Gasteiger partial charge is 0.347 e. The van der Waals surface area contributed by atoms with Gasteiger partial charge in [0.25, 0.3) is 0 Å². The summed E-state index contributed by atoms with van der Waals surface area (Å²) in [7, 11) is 0. The van der Waals surface area contributed by atoms with Gasteiger partial charge in [-0.1, -0.05) is 80.6 Å². The summed E-state index contributed by atoms with van der Waals surface area (Å²) in [5.41, 5.74) is -3.38. The Morgan fingerprint density at radius 3 is 1.37 bits per heavy atom. The highest BCUT2D eigenvalue weighted by Gasteiger charge is 2.62. The van der Waals surface area contributed by atoms with Crippen LogP contribution in [0.25, 0.3) is 0 Å². The number of cyclic esters (lactones) is 1. The fraction of sp³-hybridized carbons (Fsp3) is 0.920. The lowest BCUT2D eigenvalue weighted by Gasteiger charge is -2.61. The third kappa shape index (κ3) is 21.6. The standard InChI is InChI=1S/C19H32O2.C16H26O3.C16H26O2.C14H26O2.C13H24O2.C10H16O4/c1-6-17(2,3)16(20)21-18(4,5)19-10-13-7-14(11-19)9-15(8-13)12-19;1-4-14(2,3)13(17)19-16-8-11-5-12(9-16)7-15(18,6-11)10-16;1-4-16(2,3)15(17)18-14-9-10-8-13(14)12-7-5-6-11(10)12;1-5-13(3,4)12(15)16-14(6-2)10-8-7-9-11-14;1-4-13(2,3)12(14)15-10-11-8-6-5-7-9-11;1-4-10(2,3)9(12)14-7-5-6-13-8(7)11/h13-15H,6-12H2,1-5H3;11-12,18H,4-10H2,1-3H3;10-14H,4-9H2,1-3H3;5-11H2,1-4H3;11H,4-10H2,1-3H3;7H,4-6H2,1-3H3. The molecule has 1 aliphatic heterocycles. The van der Waals surface area contributed by atoms with Gasteiger partial charge in [0.05, 0.1) is 51.3 Å². The molecule has 0 amide bonds. The number of carbonyl (C=O) groups excluding carboxylic acids is 7. The van der Waals surface area contributed by atoms with E-state index >= 15 is 0 Å². The number of fused-ring (bicyclic) bond motifs is 5. The summed E-state index contributed by atoms with van der Waals surface area (Å²) in [4.78, 5) is 83.6. The van der Waals surface area contributed by atoms with Gasteiger partial charge in [-0.2, -0.15) is 0 Å². The Morgan fingerprint density at radius 2 is 0.893 bits per heavy atom. The van der Waals surface area contributed by atoms with Gasteiger partial charge in [-0.15, -0.1) is 0 Å². The van der Waals surface area contributed by atoms with Crippen LogP contribution in [0.15, 0.2) is 0 Å². The Hall–Kier alpha value is -3.75. The van der Waals surface area contributed by atoms with E-state index in [0.29, 0.717) is 56.1 Å². The first-order valence-corrected chi connectivity index (χ1v) is 42.1. The van der Waals surface area contributed by atoms with Crippen LogP contribution >= 0.6 is 0 Å². The van der Waals surface area contributed by atoms with Crippen molar-refractivity contribution in [2.45, 2.75) is 405 Å². The highest BCUT2D eigenvalue weighted by Crippen LogP contribution is 2.65. The lowest BCUT2D eigenvalue weighted by atomic mass is 9.46. The van der Waals surface area contributed by atoms with Gasteiger partial charge in [-0.3, -0.25) is 28.8 Å². The minimum absolute atomic E-state index is 0.00857. The van der Waals surface area contributed by atoms with Crippen molar-refractivity contribution in [2.24, 2.45) is 97.1 Å². The molecule has 8 unspecified atom stereocenters. The van der Waals surface area contributed by atoms with Crippen molar-refractivity contribution >= 4 is 41.8 Å². The van der Waals surface area contributed by atoms with E-state index < -0.39 is 28.5 Å². The number of aliphatic hydroxyl groups is 1. The molecule has 1 heterocycles. The fourth-order valence-corrected chi connectivity index (χ4v) is 19.9. The molecule has 8 atom stereocenters. The SMILES string of the molecule is CCC(C)(C)C(=O)OC(C)(C)C12CC3CC(CC(C3)C1)C2.CCC(C)(C)C(=O)OC12CC3CC(CC(O)(C3)C1)C2.CCC(C)(C)C(=O)OC1CC2CC1C1CCCC21.CCC(C)(C)C(=O)OC1CCOC1=O.CCC(C)(C)C(=O)OCC1CCCCC1.CCC1(OC(=O)C(C)(C)CC)CCCCC1. The third-order valence-electron chi connectivity index (χ3n) is 29.2. The van der Waals surface area contributed by atoms with E-state index in [2.05, 4.69) is 34.6 Å². The lowest BCUT2D eigenvalue weighted by Crippen LogP contribution is -2.61. The predicted molar refractivity (Wildman–Crippen MR) is 406 cm³/mol. The largest absolute Gasteiger partial charge is 0.465 e. The van der Waals surface area contributed by atoms with E-state index in [1.807, 2.05) is 96.9 Å². The molecule has 15 nitrogen and oxygen atoms in total. The minimum atomic E-state index is -0.687. The van der Waals surface area contributed by atoms with Crippen LogP contribution in [0, 0.1) is 97.1 Å². The maximum absolute atomic E-state index is 12.6. The molecule has 0 aromatic rings. The summed E-state index contributed by atoms with van der Waals surface area (Å²) in [5.74, 6) is 6.98. The quantitative estimate of drug-likeness (QED) is 0.0838. The van der Waals surface area contributed by atoms with E-state index in [9.17, 15) is 38.7 Å². The second kappa shape index (κ2) is 34.9. The van der Waals surface area contributed by atoms with Crippen molar-refractivity contribution in [1.29, 1.82) is 0 Å². The van der Waals surface area contributed by atoms with E-state index in [1.165, 1.54) is 122 Å². The molecule has 10 bridgehead atoms. The molecule has 0 spiro atoms. The van der Waals surface area contributed by atoms with Crippen molar-refractivity contribution in [3.05, 3.63) is 0 Å². The molecule has 0 radical (unpaired) electrons. The third-order valence-corrected chi connectivity index (χ3v) is 29.2. The summed E-state index contributed by atoms with van der Waals surface area (Å²) in [5, 5.41) is 10.6. The van der Waals surface area contributed by atoms with Gasteiger partial charge in [-0.05, 0) is 336 Å². The van der Waals surface area contributed by atoms with Crippen LogP contribution in [0.3, 0.4) is 0 Å². The van der Waals surface area contributed by atoms with E-state index in [-0.39, 0.29) is 85.8 Å². The number of hydrogen-bond acceptors (Lipinski definition) is 15. The van der Waals surface area contributed by atoms with Crippen LogP contribution in [0.1, 0.15) is 370 Å². The van der Waals surface area contributed by atoms with Gasteiger partial charge < -0.3 is 38.3 Å². The van der Waals surface area contributed by atoms with Crippen molar-refractivity contribution in [3.63, 3.8) is 0 Å². The molecule has 592 valence electrons. The number of carbonyl (C=O) groups is 7. The maximum Gasteiger partial charge on any atom is 0.347 e. The van der Waals surface area contributed by atoms with E-state index in [4.69, 9.17) is 33.2 Å². The summed E-state index contributed by atoms with van der Waals surface area (Å²) in [6, 6.07) is 0. The van der Waals surface area contributed by atoms with Crippen LogP contribution in [0.2, 0.25) is 0 Å². The molecule has 14 aliphatic rings. The van der Waals surface area contributed by atoms with Crippen LogP contribution in [0.5, 0.6) is 0 Å². The van der Waals surface area contributed by atoms with Crippen LogP contribution in [0.4, 0.5) is 0 Å². The summed E-state index contributed by atoms with van der Waals surface area (Å²) >= 11 is 0. The first-order valence-electron chi connectivity index (χ1n) is 42.1. The zero-order valence-electron chi connectivity index (χ0n) is 69.3. The van der Waals surface area contributed by atoms with Crippen molar-refractivity contribution < 1.29 is 71.8 Å². The average Bonchev–Trinajstić information content (AvgIpc) is 1.51. The van der Waals surface area contributed by atoms with Gasteiger partial charge in [-0.25, -0.2) is 4.79 Å². The van der Waals surface area contributed by atoms with Gasteiger partial charge in [0.2, 0.25) is 6.10 Å². The van der Waals surface area contributed by atoms with Gasteiger partial charge in [0, 0.05) is 18.3 Å². The Balaban J connectivity index is 0.000000174. The van der Waals surface area contributed by atoms with Crippen LogP contribution < -0.4 is 0 Å². The highest BCUT2D eigenvalue weighted by molar-refractivity contribution is 5.83. The number of ether oxygens (including phenoxy) is 7. The predicted octanol–water partition coefficient (Wildman–Crippen LogP) is 20.7. The molecule has 13 saturated carbocycles. The Bertz CT molecular complexity index is 2770. The van der Waals surface area contributed by atoms with Gasteiger partial charge in [0.1, 0.15) is 22.9 Å². The normalized spacial score (nSPS) is 32.3. The van der Waals surface area contributed by atoms with Crippen molar-refractivity contribution in [3.8, 4) is 0 Å².